The quantitative estimate of drug-likeness (QED) is 0.364. The number of carbonyl (C=O) groups is 1. The molecular weight excluding hydrogens is 392 g/mol. The number of piperidine rings is 1. The Bertz CT molecular complexity index is 789. The molecule has 0 spiro atoms. The number of benzene rings is 1. The highest BCUT2D eigenvalue weighted by atomic mass is 35.5. The van der Waals surface area contributed by atoms with Gasteiger partial charge < -0.3 is 9.80 Å². The molecule has 1 fully saturated rings. The van der Waals surface area contributed by atoms with Gasteiger partial charge in [-0.3, -0.25) is 4.79 Å². The zero-order valence-electron chi connectivity index (χ0n) is 16.5. The molecule has 28 heavy (non-hydrogen) atoms. The second kappa shape index (κ2) is 10.1. The fourth-order valence-electron chi connectivity index (χ4n) is 3.32. The Morgan fingerprint density at radius 3 is 2.43 bits per heavy atom. The number of amides is 1. The van der Waals surface area contributed by atoms with Crippen molar-refractivity contribution in [2.24, 2.45) is 0 Å². The van der Waals surface area contributed by atoms with Crippen molar-refractivity contribution in [3.05, 3.63) is 46.6 Å². The molecule has 2 heterocycles. The maximum absolute atomic E-state index is 12.4. The van der Waals surface area contributed by atoms with Crippen LogP contribution in [0, 0.1) is 0 Å². The van der Waals surface area contributed by atoms with Crippen molar-refractivity contribution in [1.29, 1.82) is 0 Å². The van der Waals surface area contributed by atoms with E-state index >= 15 is 0 Å². The second-order valence-corrected chi connectivity index (χ2v) is 8.17. The van der Waals surface area contributed by atoms with Gasteiger partial charge in [0.1, 0.15) is 11.0 Å². The minimum atomic E-state index is 0.0774. The number of hydrogen-bond donors (Lipinski definition) is 0. The summed E-state index contributed by atoms with van der Waals surface area (Å²) < 4.78 is 0. The van der Waals surface area contributed by atoms with Crippen LogP contribution in [0.5, 0.6) is 0 Å². The Hall–Kier alpha value is -1.79. The maximum Gasteiger partial charge on any atom is 0.253 e. The van der Waals surface area contributed by atoms with Gasteiger partial charge in [0, 0.05) is 43.6 Å². The van der Waals surface area contributed by atoms with E-state index in [9.17, 15) is 4.79 Å². The molecule has 2 aromatic rings. The predicted molar refractivity (Wildman–Crippen MR) is 116 cm³/mol. The van der Waals surface area contributed by atoms with Crippen molar-refractivity contribution in [2.75, 3.05) is 31.1 Å². The van der Waals surface area contributed by atoms with Crippen LogP contribution in [-0.2, 0) is 5.75 Å². The molecule has 0 atom stereocenters. The molecule has 1 saturated heterocycles. The van der Waals surface area contributed by atoms with Crippen molar-refractivity contribution in [2.45, 2.75) is 44.0 Å². The summed E-state index contributed by atoms with van der Waals surface area (Å²) in [5.74, 6) is 1.73. The summed E-state index contributed by atoms with van der Waals surface area (Å²) >= 11 is 7.80. The van der Waals surface area contributed by atoms with Crippen LogP contribution in [0.4, 0.5) is 5.82 Å². The van der Waals surface area contributed by atoms with Crippen LogP contribution in [0.25, 0.3) is 0 Å². The molecule has 1 aromatic heterocycles. The predicted octanol–water partition coefficient (Wildman–Crippen LogP) is 4.89. The zero-order chi connectivity index (χ0) is 19.9. The van der Waals surface area contributed by atoms with Gasteiger partial charge in [0.05, 0.1) is 0 Å². The fraction of sp³-hybridized carbons (Fsp3) is 0.476. The topological polar surface area (TPSA) is 49.3 Å². The molecule has 3 rings (SSSR count). The lowest BCUT2D eigenvalue weighted by Gasteiger charge is -2.27. The SMILES string of the molecule is CCN(CC)C(=O)c1ccc(CSc2nc(Cl)cc(N3CCCCC3)n2)cc1. The van der Waals surface area contributed by atoms with Gasteiger partial charge in [-0.2, -0.15) is 0 Å². The van der Waals surface area contributed by atoms with Gasteiger partial charge in [-0.25, -0.2) is 9.97 Å². The van der Waals surface area contributed by atoms with E-state index in [1.54, 1.807) is 11.8 Å². The third-order valence-electron chi connectivity index (χ3n) is 4.96. The van der Waals surface area contributed by atoms with Gasteiger partial charge in [-0.15, -0.1) is 0 Å². The first kappa shape index (κ1) is 20.9. The first-order valence-electron chi connectivity index (χ1n) is 9.91. The Balaban J connectivity index is 1.64. The fourth-order valence-corrected chi connectivity index (χ4v) is 4.36. The molecule has 0 N–H and O–H groups in total. The zero-order valence-corrected chi connectivity index (χ0v) is 18.1. The number of aromatic nitrogens is 2. The lowest BCUT2D eigenvalue weighted by molar-refractivity contribution is 0.0773. The molecule has 0 aliphatic carbocycles. The minimum Gasteiger partial charge on any atom is -0.356 e. The highest BCUT2D eigenvalue weighted by molar-refractivity contribution is 7.98. The molecule has 0 saturated carbocycles. The average molecular weight is 419 g/mol. The highest BCUT2D eigenvalue weighted by Gasteiger charge is 2.15. The lowest BCUT2D eigenvalue weighted by atomic mass is 10.1. The van der Waals surface area contributed by atoms with Gasteiger partial charge in [0.25, 0.3) is 5.91 Å². The molecule has 1 aliphatic rings. The van der Waals surface area contributed by atoms with Gasteiger partial charge >= 0.3 is 0 Å². The third-order valence-corrected chi connectivity index (χ3v) is 6.07. The first-order chi connectivity index (χ1) is 13.6. The summed E-state index contributed by atoms with van der Waals surface area (Å²) in [7, 11) is 0. The highest BCUT2D eigenvalue weighted by Crippen LogP contribution is 2.26. The van der Waals surface area contributed by atoms with E-state index in [-0.39, 0.29) is 5.91 Å². The Morgan fingerprint density at radius 1 is 1.11 bits per heavy atom. The monoisotopic (exact) mass is 418 g/mol. The van der Waals surface area contributed by atoms with Crippen LogP contribution in [0.3, 0.4) is 0 Å². The molecule has 0 radical (unpaired) electrons. The third kappa shape index (κ3) is 5.39. The molecule has 5 nitrogen and oxygen atoms in total. The van der Waals surface area contributed by atoms with Crippen LogP contribution in [0.1, 0.15) is 49.0 Å². The van der Waals surface area contributed by atoms with Gasteiger partial charge in [-0.05, 0) is 50.8 Å². The Morgan fingerprint density at radius 2 is 1.79 bits per heavy atom. The van der Waals surface area contributed by atoms with Crippen molar-refractivity contribution >= 4 is 35.1 Å². The number of rotatable bonds is 7. The van der Waals surface area contributed by atoms with E-state index in [0.717, 1.165) is 48.9 Å². The van der Waals surface area contributed by atoms with Crippen molar-refractivity contribution in [1.82, 2.24) is 14.9 Å². The smallest absolute Gasteiger partial charge is 0.253 e. The second-order valence-electron chi connectivity index (χ2n) is 6.84. The molecular formula is C21H27ClN4OS. The standard InChI is InChI=1S/C21H27ClN4OS/c1-3-25(4-2)20(27)17-10-8-16(9-11-17)15-28-21-23-18(22)14-19(24-21)26-12-6-5-7-13-26/h8-11,14H,3-7,12-13,15H2,1-2H3. The van der Waals surface area contributed by atoms with Crippen molar-refractivity contribution < 1.29 is 4.79 Å². The molecule has 150 valence electrons. The summed E-state index contributed by atoms with van der Waals surface area (Å²) in [6.45, 7) is 7.49. The Kier molecular flexibility index (Phi) is 7.57. The van der Waals surface area contributed by atoms with E-state index in [4.69, 9.17) is 16.6 Å². The van der Waals surface area contributed by atoms with E-state index in [0.29, 0.717) is 10.3 Å². The molecule has 1 aromatic carbocycles. The van der Waals surface area contributed by atoms with Crippen LogP contribution < -0.4 is 4.90 Å². The largest absolute Gasteiger partial charge is 0.356 e. The average Bonchev–Trinajstić information content (AvgIpc) is 2.73. The first-order valence-corrected chi connectivity index (χ1v) is 11.3. The molecule has 7 heteroatoms. The number of hydrogen-bond acceptors (Lipinski definition) is 5. The number of nitrogens with zero attached hydrogens (tertiary/aromatic N) is 4. The number of anilines is 1. The lowest BCUT2D eigenvalue weighted by Crippen LogP contribution is -2.30. The van der Waals surface area contributed by atoms with Crippen LogP contribution >= 0.6 is 23.4 Å². The van der Waals surface area contributed by atoms with Gasteiger partial charge in [-0.1, -0.05) is 35.5 Å². The van der Waals surface area contributed by atoms with E-state index in [1.807, 2.05) is 49.1 Å². The normalized spacial score (nSPS) is 14.2. The Labute approximate surface area is 176 Å². The maximum atomic E-state index is 12.4. The molecule has 1 aliphatic heterocycles. The summed E-state index contributed by atoms with van der Waals surface area (Å²) in [6.07, 6.45) is 3.68. The summed E-state index contributed by atoms with van der Waals surface area (Å²) in [6, 6.07) is 9.65. The van der Waals surface area contributed by atoms with E-state index in [1.165, 1.54) is 19.3 Å². The van der Waals surface area contributed by atoms with Crippen LogP contribution in [-0.4, -0.2) is 47.0 Å². The number of carbonyl (C=O) groups excluding carboxylic acids is 1. The molecule has 1 amide bonds. The van der Waals surface area contributed by atoms with E-state index in [2.05, 4.69) is 9.88 Å². The number of thioether (sulfide) groups is 1. The summed E-state index contributed by atoms with van der Waals surface area (Å²) in [5.41, 5.74) is 1.85. The number of halogens is 1. The van der Waals surface area contributed by atoms with Crippen LogP contribution in [0.15, 0.2) is 35.5 Å². The van der Waals surface area contributed by atoms with Crippen molar-refractivity contribution in [3.8, 4) is 0 Å². The summed E-state index contributed by atoms with van der Waals surface area (Å²) in [5, 5.41) is 1.18. The molecule has 0 bridgehead atoms. The van der Waals surface area contributed by atoms with Gasteiger partial charge in [0.15, 0.2) is 5.16 Å². The minimum absolute atomic E-state index is 0.0774. The van der Waals surface area contributed by atoms with Crippen molar-refractivity contribution in [3.63, 3.8) is 0 Å². The van der Waals surface area contributed by atoms with E-state index < -0.39 is 0 Å². The summed E-state index contributed by atoms with van der Waals surface area (Å²) in [4.78, 5) is 25.6. The molecule has 0 unspecified atom stereocenters. The van der Waals surface area contributed by atoms with Gasteiger partial charge in [0.2, 0.25) is 0 Å². The van der Waals surface area contributed by atoms with Crippen LogP contribution in [0.2, 0.25) is 5.15 Å².